The minimum atomic E-state index is -0.0622. The van der Waals surface area contributed by atoms with Gasteiger partial charge in [-0.25, -0.2) is 0 Å². The van der Waals surface area contributed by atoms with Crippen LogP contribution in [0.15, 0.2) is 40.9 Å². The molecule has 0 bridgehead atoms. The van der Waals surface area contributed by atoms with Gasteiger partial charge in [-0.1, -0.05) is 45.7 Å². The van der Waals surface area contributed by atoms with Crippen LogP contribution in [-0.2, 0) is 6.42 Å². The SMILES string of the molecule is Cc1cccc(C)c1CC(N)c1cc(Cl)ccc1Br. The van der Waals surface area contributed by atoms with Gasteiger partial charge in [-0.2, -0.15) is 0 Å². The zero-order chi connectivity index (χ0) is 14.0. The molecule has 100 valence electrons. The second-order valence-corrected chi connectivity index (χ2v) is 6.14. The van der Waals surface area contributed by atoms with Crippen molar-refractivity contribution in [3.05, 3.63) is 68.1 Å². The third kappa shape index (κ3) is 3.38. The van der Waals surface area contributed by atoms with Crippen molar-refractivity contribution in [2.75, 3.05) is 0 Å². The van der Waals surface area contributed by atoms with E-state index in [2.05, 4.69) is 48.0 Å². The molecular formula is C16H17BrClN. The average molecular weight is 339 g/mol. The van der Waals surface area contributed by atoms with E-state index in [1.165, 1.54) is 16.7 Å². The fourth-order valence-corrected chi connectivity index (χ4v) is 3.02. The summed E-state index contributed by atoms with van der Waals surface area (Å²) in [5, 5.41) is 0.718. The minimum absolute atomic E-state index is 0.0622. The van der Waals surface area contributed by atoms with Gasteiger partial charge in [-0.15, -0.1) is 0 Å². The molecule has 0 aliphatic heterocycles. The second kappa shape index (κ2) is 6.08. The van der Waals surface area contributed by atoms with Gasteiger partial charge in [0.1, 0.15) is 0 Å². The summed E-state index contributed by atoms with van der Waals surface area (Å²) >= 11 is 9.59. The molecule has 0 heterocycles. The van der Waals surface area contributed by atoms with Gasteiger partial charge in [-0.05, 0) is 60.7 Å². The van der Waals surface area contributed by atoms with Gasteiger partial charge < -0.3 is 5.73 Å². The van der Waals surface area contributed by atoms with Gasteiger partial charge in [0.05, 0.1) is 0 Å². The van der Waals surface area contributed by atoms with Gasteiger partial charge in [0, 0.05) is 15.5 Å². The highest BCUT2D eigenvalue weighted by Crippen LogP contribution is 2.29. The fourth-order valence-electron chi connectivity index (χ4n) is 2.30. The molecule has 2 aromatic carbocycles. The Kier molecular flexibility index (Phi) is 4.67. The van der Waals surface area contributed by atoms with Crippen molar-refractivity contribution >= 4 is 27.5 Å². The molecule has 2 rings (SSSR count). The van der Waals surface area contributed by atoms with E-state index in [0.717, 1.165) is 21.5 Å². The number of halogens is 2. The van der Waals surface area contributed by atoms with Crippen LogP contribution in [0.1, 0.15) is 28.3 Å². The van der Waals surface area contributed by atoms with Crippen LogP contribution >= 0.6 is 27.5 Å². The maximum absolute atomic E-state index is 6.35. The molecule has 19 heavy (non-hydrogen) atoms. The van der Waals surface area contributed by atoms with Crippen LogP contribution in [-0.4, -0.2) is 0 Å². The topological polar surface area (TPSA) is 26.0 Å². The quantitative estimate of drug-likeness (QED) is 0.841. The highest BCUT2D eigenvalue weighted by Gasteiger charge is 2.13. The first-order valence-corrected chi connectivity index (χ1v) is 7.41. The van der Waals surface area contributed by atoms with E-state index in [1.54, 1.807) is 0 Å². The Balaban J connectivity index is 2.31. The first kappa shape index (κ1) is 14.6. The van der Waals surface area contributed by atoms with Crippen molar-refractivity contribution in [3.8, 4) is 0 Å². The molecule has 0 aliphatic carbocycles. The fraction of sp³-hybridized carbons (Fsp3) is 0.250. The monoisotopic (exact) mass is 337 g/mol. The molecule has 2 N–H and O–H groups in total. The van der Waals surface area contributed by atoms with Crippen LogP contribution in [0.5, 0.6) is 0 Å². The largest absolute Gasteiger partial charge is 0.324 e. The lowest BCUT2D eigenvalue weighted by molar-refractivity contribution is 0.712. The molecule has 1 unspecified atom stereocenters. The number of nitrogens with two attached hydrogens (primary N) is 1. The molecule has 0 radical (unpaired) electrons. The van der Waals surface area contributed by atoms with Crippen molar-refractivity contribution < 1.29 is 0 Å². The van der Waals surface area contributed by atoms with Crippen LogP contribution in [0.4, 0.5) is 0 Å². The molecule has 0 amide bonds. The average Bonchev–Trinajstić information content (AvgIpc) is 2.37. The summed E-state index contributed by atoms with van der Waals surface area (Å²) in [5.41, 5.74) is 11.3. The number of hydrogen-bond acceptors (Lipinski definition) is 1. The standard InChI is InChI=1S/C16H17BrClN/c1-10-4-3-5-11(2)13(10)9-16(19)14-8-12(18)6-7-15(14)17/h3-8,16H,9,19H2,1-2H3. The number of aryl methyl sites for hydroxylation is 2. The lowest BCUT2D eigenvalue weighted by atomic mass is 9.93. The van der Waals surface area contributed by atoms with Gasteiger partial charge in [0.2, 0.25) is 0 Å². The Labute approximate surface area is 127 Å². The third-order valence-corrected chi connectivity index (χ3v) is 4.38. The molecule has 0 saturated carbocycles. The molecule has 3 heteroatoms. The Morgan fingerprint density at radius 2 is 1.79 bits per heavy atom. The smallest absolute Gasteiger partial charge is 0.0410 e. The molecule has 2 aromatic rings. The summed E-state index contributed by atoms with van der Waals surface area (Å²) in [4.78, 5) is 0. The second-order valence-electron chi connectivity index (χ2n) is 4.85. The van der Waals surface area contributed by atoms with Gasteiger partial charge >= 0.3 is 0 Å². The van der Waals surface area contributed by atoms with Crippen LogP contribution in [0.3, 0.4) is 0 Å². The van der Waals surface area contributed by atoms with Crippen molar-refractivity contribution in [1.82, 2.24) is 0 Å². The van der Waals surface area contributed by atoms with E-state index in [9.17, 15) is 0 Å². The maximum Gasteiger partial charge on any atom is 0.0410 e. The molecule has 0 saturated heterocycles. The summed E-state index contributed by atoms with van der Waals surface area (Å²) < 4.78 is 1.01. The first-order valence-electron chi connectivity index (χ1n) is 6.24. The summed E-state index contributed by atoms with van der Waals surface area (Å²) in [6.45, 7) is 4.25. The van der Waals surface area contributed by atoms with E-state index in [-0.39, 0.29) is 6.04 Å². The predicted octanol–water partition coefficient (Wildman–Crippen LogP) is 4.96. The van der Waals surface area contributed by atoms with Crippen LogP contribution < -0.4 is 5.73 Å². The van der Waals surface area contributed by atoms with Gasteiger partial charge in [0.15, 0.2) is 0 Å². The Morgan fingerprint density at radius 3 is 2.42 bits per heavy atom. The molecule has 0 fully saturated rings. The zero-order valence-corrected chi connectivity index (χ0v) is 13.4. The third-order valence-electron chi connectivity index (χ3n) is 3.43. The number of rotatable bonds is 3. The van der Waals surface area contributed by atoms with Gasteiger partial charge in [0.25, 0.3) is 0 Å². The number of benzene rings is 2. The van der Waals surface area contributed by atoms with Crippen molar-refractivity contribution in [3.63, 3.8) is 0 Å². The molecular weight excluding hydrogens is 322 g/mol. The van der Waals surface area contributed by atoms with Crippen LogP contribution in [0.25, 0.3) is 0 Å². The predicted molar refractivity (Wildman–Crippen MR) is 85.7 cm³/mol. The molecule has 0 aromatic heterocycles. The van der Waals surface area contributed by atoms with E-state index in [0.29, 0.717) is 0 Å². The van der Waals surface area contributed by atoms with Crippen LogP contribution in [0, 0.1) is 13.8 Å². The van der Waals surface area contributed by atoms with Crippen molar-refractivity contribution in [2.45, 2.75) is 26.3 Å². The van der Waals surface area contributed by atoms with E-state index >= 15 is 0 Å². The van der Waals surface area contributed by atoms with Crippen LogP contribution in [0.2, 0.25) is 5.02 Å². The summed E-state index contributed by atoms with van der Waals surface area (Å²) in [6.07, 6.45) is 0.817. The minimum Gasteiger partial charge on any atom is -0.324 e. The highest BCUT2D eigenvalue weighted by atomic mass is 79.9. The number of hydrogen-bond donors (Lipinski definition) is 1. The Bertz CT molecular complexity index is 575. The summed E-state index contributed by atoms with van der Waals surface area (Å²) in [5.74, 6) is 0. The van der Waals surface area contributed by atoms with E-state index < -0.39 is 0 Å². The molecule has 1 atom stereocenters. The lowest BCUT2D eigenvalue weighted by Crippen LogP contribution is -2.15. The van der Waals surface area contributed by atoms with Crippen molar-refractivity contribution in [1.29, 1.82) is 0 Å². The normalized spacial score (nSPS) is 12.5. The maximum atomic E-state index is 6.35. The van der Waals surface area contributed by atoms with E-state index in [4.69, 9.17) is 17.3 Å². The summed E-state index contributed by atoms with van der Waals surface area (Å²) in [6, 6.07) is 12.0. The van der Waals surface area contributed by atoms with Crippen molar-refractivity contribution in [2.24, 2.45) is 5.73 Å². The lowest BCUT2D eigenvalue weighted by Gasteiger charge is -2.17. The zero-order valence-electron chi connectivity index (χ0n) is 11.1. The summed E-state index contributed by atoms with van der Waals surface area (Å²) in [7, 11) is 0. The highest BCUT2D eigenvalue weighted by molar-refractivity contribution is 9.10. The van der Waals surface area contributed by atoms with E-state index in [1.807, 2.05) is 18.2 Å². The van der Waals surface area contributed by atoms with Gasteiger partial charge in [-0.3, -0.25) is 0 Å². The first-order chi connectivity index (χ1) is 8.99. The molecule has 0 aliphatic rings. The molecule has 0 spiro atoms. The Morgan fingerprint density at radius 1 is 1.16 bits per heavy atom. The molecule has 1 nitrogen and oxygen atoms in total. The Hall–Kier alpha value is -0.830.